The Hall–Kier alpha value is -4.18. The minimum absolute atomic E-state index is 0.0922. The smallest absolute Gasteiger partial charge is 0.280 e. The first-order chi connectivity index (χ1) is 13.9. The summed E-state index contributed by atoms with van der Waals surface area (Å²) >= 11 is 0. The molecule has 0 unspecified atom stereocenters. The molecule has 2 aromatic carbocycles. The first-order valence-corrected chi connectivity index (χ1v) is 8.73. The number of carbonyl (C=O) groups is 1. The van der Waals surface area contributed by atoms with Gasteiger partial charge in [0, 0.05) is 17.8 Å². The maximum Gasteiger partial charge on any atom is 0.280 e. The van der Waals surface area contributed by atoms with Crippen LogP contribution in [-0.2, 0) is 4.79 Å². The predicted molar refractivity (Wildman–Crippen MR) is 109 cm³/mol. The Morgan fingerprint density at radius 1 is 1.17 bits per heavy atom. The molecule has 3 rings (SSSR count). The topological polar surface area (TPSA) is 109 Å². The Morgan fingerprint density at radius 3 is 2.62 bits per heavy atom. The van der Waals surface area contributed by atoms with Gasteiger partial charge in [0.2, 0.25) is 0 Å². The average Bonchev–Trinajstić information content (AvgIpc) is 3.16. The Balaban J connectivity index is 1.86. The maximum absolute atomic E-state index is 12.5. The van der Waals surface area contributed by atoms with Crippen molar-refractivity contribution in [1.82, 2.24) is 0 Å². The van der Waals surface area contributed by atoms with Gasteiger partial charge in [-0.05, 0) is 43.7 Å². The van der Waals surface area contributed by atoms with Gasteiger partial charge in [-0.2, -0.15) is 5.26 Å². The number of hydrogen-bond donors (Lipinski definition) is 1. The van der Waals surface area contributed by atoms with Crippen molar-refractivity contribution >= 4 is 23.4 Å². The zero-order valence-electron chi connectivity index (χ0n) is 15.8. The normalized spacial score (nSPS) is 11.0. The summed E-state index contributed by atoms with van der Waals surface area (Å²) in [7, 11) is 0. The van der Waals surface area contributed by atoms with Crippen molar-refractivity contribution in [3.63, 3.8) is 0 Å². The van der Waals surface area contributed by atoms with E-state index in [0.29, 0.717) is 11.3 Å². The Bertz CT molecular complexity index is 1170. The van der Waals surface area contributed by atoms with Crippen LogP contribution in [0.2, 0.25) is 0 Å². The van der Waals surface area contributed by atoms with Crippen LogP contribution in [0.3, 0.4) is 0 Å². The van der Waals surface area contributed by atoms with Crippen LogP contribution < -0.4 is 5.32 Å². The van der Waals surface area contributed by atoms with Crippen LogP contribution in [0.5, 0.6) is 0 Å². The molecule has 0 aliphatic heterocycles. The summed E-state index contributed by atoms with van der Waals surface area (Å²) in [6.07, 6.45) is 1.30. The number of nitrogens with zero attached hydrogens (tertiary/aromatic N) is 2. The van der Waals surface area contributed by atoms with Gasteiger partial charge in [0.15, 0.2) is 0 Å². The molecule has 7 heteroatoms. The summed E-state index contributed by atoms with van der Waals surface area (Å²) in [6.45, 7) is 3.81. The number of amides is 1. The third-order valence-electron chi connectivity index (χ3n) is 4.27. The number of benzene rings is 2. The van der Waals surface area contributed by atoms with E-state index in [2.05, 4.69) is 5.32 Å². The van der Waals surface area contributed by atoms with Crippen LogP contribution in [0, 0.1) is 35.3 Å². The monoisotopic (exact) mass is 387 g/mol. The van der Waals surface area contributed by atoms with Crippen LogP contribution in [0.4, 0.5) is 11.4 Å². The summed E-state index contributed by atoms with van der Waals surface area (Å²) in [5.41, 5.74) is 2.64. The molecular weight excluding hydrogens is 370 g/mol. The Labute approximate surface area is 167 Å². The Morgan fingerprint density at radius 2 is 1.93 bits per heavy atom. The van der Waals surface area contributed by atoms with Gasteiger partial charge in [-0.15, -0.1) is 0 Å². The SMILES string of the molecule is Cc1ccc(NC(=O)/C(C#N)=C/c2ccc(-c3ccccc3[N+](=O)[O-])o2)c(C)c1. The average molecular weight is 387 g/mol. The maximum atomic E-state index is 12.5. The lowest BCUT2D eigenvalue weighted by Crippen LogP contribution is -2.14. The second-order valence-electron chi connectivity index (χ2n) is 6.42. The lowest BCUT2D eigenvalue weighted by molar-refractivity contribution is -0.384. The summed E-state index contributed by atoms with van der Waals surface area (Å²) in [5, 5.41) is 23.3. The van der Waals surface area contributed by atoms with Crippen LogP contribution in [0.25, 0.3) is 17.4 Å². The van der Waals surface area contributed by atoms with Crippen LogP contribution in [0.1, 0.15) is 16.9 Å². The largest absolute Gasteiger partial charge is 0.456 e. The number of carbonyl (C=O) groups excluding carboxylic acids is 1. The molecule has 0 radical (unpaired) electrons. The number of nitrogens with one attached hydrogen (secondary N) is 1. The molecule has 7 nitrogen and oxygen atoms in total. The molecule has 0 aliphatic carbocycles. The number of nitro groups is 1. The lowest BCUT2D eigenvalue weighted by atomic mass is 10.1. The number of nitro benzene ring substituents is 1. The van der Waals surface area contributed by atoms with Crippen LogP contribution in [0.15, 0.2) is 64.6 Å². The molecular formula is C22H17N3O4. The van der Waals surface area contributed by atoms with E-state index in [1.807, 2.05) is 32.0 Å². The van der Waals surface area contributed by atoms with E-state index in [9.17, 15) is 20.2 Å². The van der Waals surface area contributed by atoms with E-state index in [1.165, 1.54) is 12.1 Å². The van der Waals surface area contributed by atoms with Crippen molar-refractivity contribution in [3.05, 3.63) is 87.2 Å². The second-order valence-corrected chi connectivity index (χ2v) is 6.42. The molecule has 29 heavy (non-hydrogen) atoms. The van der Waals surface area contributed by atoms with Gasteiger partial charge in [0.25, 0.3) is 11.6 Å². The molecule has 0 saturated heterocycles. The highest BCUT2D eigenvalue weighted by Gasteiger charge is 2.18. The first-order valence-electron chi connectivity index (χ1n) is 8.73. The van der Waals surface area contributed by atoms with Crippen molar-refractivity contribution in [2.45, 2.75) is 13.8 Å². The summed E-state index contributed by atoms with van der Waals surface area (Å²) in [4.78, 5) is 23.2. The van der Waals surface area contributed by atoms with Gasteiger partial charge in [-0.25, -0.2) is 0 Å². The minimum atomic E-state index is -0.567. The molecule has 0 spiro atoms. The molecule has 1 amide bonds. The van der Waals surface area contributed by atoms with E-state index in [-0.39, 0.29) is 22.8 Å². The molecule has 0 fully saturated rings. The van der Waals surface area contributed by atoms with Gasteiger partial charge in [-0.3, -0.25) is 14.9 Å². The fraction of sp³-hybridized carbons (Fsp3) is 0.0909. The third-order valence-corrected chi connectivity index (χ3v) is 4.27. The Kier molecular flexibility index (Phi) is 5.56. The van der Waals surface area contributed by atoms with Gasteiger partial charge < -0.3 is 9.73 Å². The van der Waals surface area contributed by atoms with Gasteiger partial charge in [0.05, 0.1) is 10.5 Å². The standard InChI is InChI=1S/C22H17N3O4/c1-14-7-9-19(15(2)11-14)24-22(26)16(13-23)12-17-8-10-21(29-17)18-5-3-4-6-20(18)25(27)28/h3-12H,1-2H3,(H,24,26)/b16-12+. The fourth-order valence-electron chi connectivity index (χ4n) is 2.85. The predicted octanol–water partition coefficient (Wildman–Crippen LogP) is 5.02. The first kappa shape index (κ1) is 19.6. The number of aryl methyl sites for hydroxylation is 2. The number of nitriles is 1. The summed E-state index contributed by atoms with van der Waals surface area (Å²) in [5.74, 6) is -0.0517. The molecule has 144 valence electrons. The molecule has 0 atom stereocenters. The summed E-state index contributed by atoms with van der Waals surface area (Å²) in [6, 6.07) is 16.7. The van der Waals surface area contributed by atoms with E-state index >= 15 is 0 Å². The summed E-state index contributed by atoms with van der Waals surface area (Å²) < 4.78 is 5.62. The van der Waals surface area contributed by atoms with Crippen LogP contribution >= 0.6 is 0 Å². The number of anilines is 1. The molecule has 1 N–H and O–H groups in total. The van der Waals surface area contributed by atoms with Crippen LogP contribution in [-0.4, -0.2) is 10.8 Å². The quantitative estimate of drug-likeness (QED) is 0.286. The molecule has 0 saturated carbocycles. The number of para-hydroxylation sites is 1. The highest BCUT2D eigenvalue weighted by Crippen LogP contribution is 2.31. The third kappa shape index (κ3) is 4.39. The lowest BCUT2D eigenvalue weighted by Gasteiger charge is -2.08. The van der Waals surface area contributed by atoms with E-state index in [4.69, 9.17) is 4.42 Å². The van der Waals surface area contributed by atoms with Crippen molar-refractivity contribution in [2.75, 3.05) is 5.32 Å². The second kappa shape index (κ2) is 8.23. The molecule has 1 aromatic heterocycles. The molecule has 3 aromatic rings. The van der Waals surface area contributed by atoms with Crippen molar-refractivity contribution < 1.29 is 14.1 Å². The molecule has 0 aliphatic rings. The van der Waals surface area contributed by atoms with Gasteiger partial charge >= 0.3 is 0 Å². The highest BCUT2D eigenvalue weighted by atomic mass is 16.6. The zero-order valence-corrected chi connectivity index (χ0v) is 15.8. The van der Waals surface area contributed by atoms with Crippen molar-refractivity contribution in [2.24, 2.45) is 0 Å². The van der Waals surface area contributed by atoms with Crippen molar-refractivity contribution in [1.29, 1.82) is 5.26 Å². The molecule has 1 heterocycles. The molecule has 0 bridgehead atoms. The number of furan rings is 1. The van der Waals surface area contributed by atoms with Crippen molar-refractivity contribution in [3.8, 4) is 17.4 Å². The van der Waals surface area contributed by atoms with E-state index in [0.717, 1.165) is 11.1 Å². The minimum Gasteiger partial charge on any atom is -0.456 e. The van der Waals surface area contributed by atoms with Gasteiger partial charge in [0.1, 0.15) is 23.2 Å². The highest BCUT2D eigenvalue weighted by molar-refractivity contribution is 6.09. The van der Waals surface area contributed by atoms with Gasteiger partial charge in [-0.1, -0.05) is 29.8 Å². The van der Waals surface area contributed by atoms with E-state index < -0.39 is 10.8 Å². The number of hydrogen-bond acceptors (Lipinski definition) is 5. The van der Waals surface area contributed by atoms with E-state index in [1.54, 1.807) is 36.4 Å². The fourth-order valence-corrected chi connectivity index (χ4v) is 2.85. The zero-order chi connectivity index (χ0) is 21.0. The number of rotatable bonds is 5.